The number of carbonyl (C=O) groups excluding carboxylic acids is 3. The third kappa shape index (κ3) is 13.3. The van der Waals surface area contributed by atoms with Crippen LogP contribution in [0, 0.1) is 68.4 Å². The van der Waals surface area contributed by atoms with Crippen LogP contribution >= 0.6 is 0 Å². The second kappa shape index (κ2) is 27.4. The Morgan fingerprint density at radius 1 is 0.438 bits per heavy atom. The average molecular weight is 1220 g/mol. The van der Waals surface area contributed by atoms with E-state index in [1.165, 1.54) is 81.2 Å². The molecule has 0 spiro atoms. The molecule has 89 heavy (non-hydrogen) atoms. The van der Waals surface area contributed by atoms with E-state index in [1.54, 1.807) is 87.9 Å². The number of aliphatic carboxylic acids is 1. The van der Waals surface area contributed by atoms with Gasteiger partial charge in [-0.25, -0.2) is 36.2 Å². The molecule has 0 fully saturated rings. The van der Waals surface area contributed by atoms with Crippen molar-refractivity contribution in [3.8, 4) is 0 Å². The van der Waals surface area contributed by atoms with Crippen molar-refractivity contribution in [1.29, 1.82) is 0 Å². The molecule has 0 saturated carbocycles. The van der Waals surface area contributed by atoms with Crippen LogP contribution in [0.4, 0.5) is 30.7 Å². The molecule has 3 aromatic heterocycles. The van der Waals surface area contributed by atoms with Crippen LogP contribution in [0.25, 0.3) is 16.7 Å². The molecule has 4 aliphatic rings. The number of hydrogen-bond donors (Lipinski definition) is 3. The molecule has 0 radical (unpaired) electrons. The highest BCUT2D eigenvalue weighted by Crippen LogP contribution is 2.48. The zero-order valence-electron chi connectivity index (χ0n) is 49.9. The van der Waals surface area contributed by atoms with Gasteiger partial charge in [0, 0.05) is 18.6 Å². The number of nitrogens with one attached hydrogen (secondary N) is 1. The molecule has 0 aliphatic heterocycles. The number of ether oxygens (including phenoxy) is 2. The summed E-state index contributed by atoms with van der Waals surface area (Å²) in [5, 5.41) is 19.0. The maximum atomic E-state index is 14.0. The molecule has 0 bridgehead atoms. The van der Waals surface area contributed by atoms with Gasteiger partial charge in [0.2, 0.25) is 0 Å². The number of pyridine rings is 3. The molecule has 3 heterocycles. The zero-order valence-corrected chi connectivity index (χ0v) is 49.9. The van der Waals surface area contributed by atoms with Gasteiger partial charge < -0.3 is 14.6 Å². The molecule has 19 heteroatoms. The number of rotatable bonds is 11. The number of carboxylic acid groups (broad SMARTS) is 1. The molecule has 11 rings (SSSR count). The highest BCUT2D eigenvalue weighted by atomic mass is 19.2. The van der Waals surface area contributed by atoms with Gasteiger partial charge in [0.25, 0.3) is 5.91 Å². The van der Waals surface area contributed by atoms with E-state index in [1.807, 2.05) is 19.1 Å². The van der Waals surface area contributed by atoms with E-state index >= 15 is 0 Å². The lowest BCUT2D eigenvalue weighted by molar-refractivity contribution is -0.146. The number of halogens is 7. The quantitative estimate of drug-likeness (QED) is 0.0369. The number of nitrogens with zero attached hydrogens (tertiary/aromatic N) is 3. The Labute approximate surface area is 510 Å². The second-order valence-corrected chi connectivity index (χ2v) is 22.4. The van der Waals surface area contributed by atoms with E-state index in [4.69, 9.17) is 9.47 Å². The fourth-order valence-electron chi connectivity index (χ4n) is 12.5. The number of amides is 1. The molecule has 7 aromatic rings. The number of hydroxylamine groups is 1. The van der Waals surface area contributed by atoms with Crippen LogP contribution in [0.5, 0.6) is 0 Å². The Kier molecular flexibility index (Phi) is 20.2. The number of allylic oxidation sites excluding steroid dienone is 4. The molecule has 4 atom stereocenters. The van der Waals surface area contributed by atoms with Crippen LogP contribution in [0.1, 0.15) is 119 Å². The van der Waals surface area contributed by atoms with Gasteiger partial charge in [0.15, 0.2) is 0 Å². The van der Waals surface area contributed by atoms with Crippen molar-refractivity contribution in [3.63, 3.8) is 0 Å². The fourth-order valence-corrected chi connectivity index (χ4v) is 12.5. The van der Waals surface area contributed by atoms with Crippen molar-refractivity contribution in [3.05, 3.63) is 260 Å². The monoisotopic (exact) mass is 1220 g/mol. The lowest BCUT2D eigenvalue weighted by Crippen LogP contribution is -2.41. The lowest BCUT2D eigenvalue weighted by atomic mass is 9.77. The minimum Gasteiger partial charge on any atom is -0.480 e. The first-order chi connectivity index (χ1) is 42.4. The number of carbonyl (C=O) groups is 4. The summed E-state index contributed by atoms with van der Waals surface area (Å²) in [4.78, 5) is 60.6. The van der Waals surface area contributed by atoms with Crippen molar-refractivity contribution in [2.24, 2.45) is 0 Å². The second-order valence-electron chi connectivity index (χ2n) is 22.4. The maximum Gasteiger partial charge on any atom is 0.320 e. The van der Waals surface area contributed by atoms with E-state index < -0.39 is 68.6 Å². The number of carboxylic acids is 1. The fraction of sp³-hybridized carbons (Fsp3) is 0.271. The summed E-state index contributed by atoms with van der Waals surface area (Å²) in [6.07, 6.45) is 18.9. The third-order valence-electron chi connectivity index (χ3n) is 17.2. The van der Waals surface area contributed by atoms with Crippen molar-refractivity contribution < 1.29 is 69.7 Å². The Morgan fingerprint density at radius 2 is 0.742 bits per heavy atom. The van der Waals surface area contributed by atoms with Crippen LogP contribution < -0.4 is 5.48 Å². The largest absolute Gasteiger partial charge is 0.480 e. The third-order valence-corrected chi connectivity index (χ3v) is 17.2. The standard InChI is InChI=1S/C19H17F2NO2.C18H16F2N2O2.C18H15F2NO2.C15H17FO2/c1-12-16(4-3-5-17(12)21)19(18(23)24-2)7-6-13(9-19)14-8-15(20)11-22-10-14;1-11-15(3-2-4-16(11)20)18(17(23)22-24)6-5-12(8-18)13-7-14(19)10-21-9-13;1-11-15(3-2-4-16(11)20)18(17(22)23)6-5-12(8-18)13-7-14(19)10-21-9-13;1-10-7-8-15(9-10,14(17)18-3)12-5-4-6-13(16)11(12)2/h3-5,8-11H,6-7H2,1-2H3;2-4,7-10,24H,5-6H2,1H3,(H,22,23);2-4,7-10H,5-6H2,1H3,(H,22,23);4-6,9H,7-8H2,1-3H3/t19-;2*18-;15-/m1111/s1. The molecule has 0 saturated heterocycles. The lowest BCUT2D eigenvalue weighted by Gasteiger charge is -2.27. The predicted octanol–water partition coefficient (Wildman–Crippen LogP) is 14.4. The summed E-state index contributed by atoms with van der Waals surface area (Å²) in [5.74, 6) is -5.34. The van der Waals surface area contributed by atoms with Gasteiger partial charge in [-0.15, -0.1) is 0 Å². The molecule has 462 valence electrons. The van der Waals surface area contributed by atoms with Crippen molar-refractivity contribution >= 4 is 40.5 Å². The van der Waals surface area contributed by atoms with Gasteiger partial charge >= 0.3 is 17.9 Å². The highest BCUT2D eigenvalue weighted by molar-refractivity contribution is 5.95. The summed E-state index contributed by atoms with van der Waals surface area (Å²) >= 11 is 0. The van der Waals surface area contributed by atoms with E-state index in [0.717, 1.165) is 41.7 Å². The zero-order chi connectivity index (χ0) is 64.6. The number of hydrogen-bond acceptors (Lipinski definition) is 10. The minimum atomic E-state index is -1.30. The smallest absolute Gasteiger partial charge is 0.320 e. The summed E-state index contributed by atoms with van der Waals surface area (Å²) in [7, 11) is 2.69. The topological polar surface area (TPSA) is 178 Å². The van der Waals surface area contributed by atoms with Crippen molar-refractivity contribution in [2.75, 3.05) is 14.2 Å². The molecule has 4 aliphatic carbocycles. The number of aromatic nitrogens is 3. The Balaban J connectivity index is 0.000000154. The number of esters is 2. The van der Waals surface area contributed by atoms with Crippen LogP contribution in [0.2, 0.25) is 0 Å². The van der Waals surface area contributed by atoms with Gasteiger partial charge in [-0.05, 0) is 206 Å². The first-order valence-electron chi connectivity index (χ1n) is 28.4. The molecule has 4 aromatic carbocycles. The van der Waals surface area contributed by atoms with Crippen LogP contribution in [0.15, 0.2) is 158 Å². The Morgan fingerprint density at radius 3 is 1.07 bits per heavy atom. The number of methoxy groups -OCH3 is 2. The summed E-state index contributed by atoms with van der Waals surface area (Å²) < 4.78 is 106. The molecule has 12 nitrogen and oxygen atoms in total. The summed E-state index contributed by atoms with van der Waals surface area (Å²) in [5.41, 5.74) is 6.24. The normalized spacial score (nSPS) is 20.6. The van der Waals surface area contributed by atoms with E-state index in [2.05, 4.69) is 15.0 Å². The van der Waals surface area contributed by atoms with Gasteiger partial charge in [0.1, 0.15) is 57.0 Å². The highest BCUT2D eigenvalue weighted by Gasteiger charge is 2.47. The molecular weight excluding hydrogens is 1160 g/mol. The maximum absolute atomic E-state index is 14.0. The predicted molar refractivity (Wildman–Crippen MR) is 320 cm³/mol. The summed E-state index contributed by atoms with van der Waals surface area (Å²) in [6.45, 7) is 8.50. The Bertz CT molecular complexity index is 3880. The molecular formula is C70H65F7N4O8. The van der Waals surface area contributed by atoms with Crippen LogP contribution in [-0.2, 0) is 50.3 Å². The summed E-state index contributed by atoms with van der Waals surface area (Å²) in [6, 6.07) is 22.6. The van der Waals surface area contributed by atoms with Gasteiger partial charge in [0.05, 0.1) is 38.2 Å². The van der Waals surface area contributed by atoms with Gasteiger partial charge in [-0.1, -0.05) is 78.4 Å². The first-order valence-corrected chi connectivity index (χ1v) is 28.4. The van der Waals surface area contributed by atoms with Crippen LogP contribution in [0.3, 0.4) is 0 Å². The molecule has 3 N–H and O–H groups in total. The van der Waals surface area contributed by atoms with Crippen molar-refractivity contribution in [2.45, 2.75) is 108 Å². The minimum absolute atomic E-state index is 0.284. The van der Waals surface area contributed by atoms with E-state index in [0.29, 0.717) is 112 Å². The Hall–Kier alpha value is -9.36. The molecule has 0 unspecified atom stereocenters. The van der Waals surface area contributed by atoms with E-state index in [9.17, 15) is 60.2 Å². The number of benzene rings is 4. The molecule has 1 amide bonds. The van der Waals surface area contributed by atoms with Gasteiger partial charge in [-0.3, -0.25) is 39.3 Å². The van der Waals surface area contributed by atoms with Crippen molar-refractivity contribution in [1.82, 2.24) is 20.4 Å². The van der Waals surface area contributed by atoms with E-state index in [-0.39, 0.29) is 17.6 Å². The SMILES string of the molecule is COC(=O)[C@@]1(c2cccc(F)c2C)C=C(C)CC1.COC(=O)[C@@]1(c2cccc(F)c2C)C=C(c2cncc(F)c2)CC1.Cc1c(F)cccc1[C@]1(C(=O)NO)C=C(c2cncc(F)c2)CC1.Cc1c(F)cccc1[C@]1(C(=O)O)C=C(c2cncc(F)c2)CC1. The van der Waals surface area contributed by atoms with Crippen LogP contribution in [-0.4, -0.2) is 63.3 Å². The first kappa shape index (κ1) is 65.6. The average Bonchev–Trinajstić information content (AvgIpc) is 1.78. The van der Waals surface area contributed by atoms with Gasteiger partial charge in [-0.2, -0.15) is 0 Å².